The van der Waals surface area contributed by atoms with E-state index in [0.717, 1.165) is 12.7 Å². The average molecular weight is 198 g/mol. The molecule has 3 aliphatic heterocycles. The predicted octanol–water partition coefficient (Wildman–Crippen LogP) is 0.493. The smallest absolute Gasteiger partial charge is 0.164 e. The Hall–Kier alpha value is -0.450. The second-order valence-corrected chi connectivity index (χ2v) is 4.74. The maximum atomic E-state index is 10.8. The Labute approximate surface area is 82.5 Å². The molecule has 4 nitrogen and oxygen atoms in total. The lowest BCUT2D eigenvalue weighted by molar-refractivity contribution is -0.178. The molecule has 0 unspecified atom stereocenters. The van der Waals surface area contributed by atoms with Crippen LogP contribution < -0.4 is 0 Å². The molecular weight excluding hydrogens is 184 g/mol. The maximum absolute atomic E-state index is 10.8. The van der Waals surface area contributed by atoms with Crippen LogP contribution in [0.25, 0.3) is 0 Å². The number of carbonyl (C=O) groups is 1. The molecule has 3 aliphatic rings. The third kappa shape index (κ3) is 1.02. The van der Waals surface area contributed by atoms with Crippen LogP contribution in [0.3, 0.4) is 0 Å². The van der Waals surface area contributed by atoms with E-state index in [0.29, 0.717) is 0 Å². The van der Waals surface area contributed by atoms with Gasteiger partial charge in [-0.05, 0) is 20.3 Å². The molecule has 2 bridgehead atoms. The van der Waals surface area contributed by atoms with Crippen LogP contribution >= 0.6 is 0 Å². The number of hydrogen-bond acceptors (Lipinski definition) is 4. The SMILES string of the molecule is CC1(C)O[C@H]2[C@@H](O1)[C@@H]1C[C@H](C=O)[C@H]2O1. The van der Waals surface area contributed by atoms with Gasteiger partial charge < -0.3 is 19.0 Å². The lowest BCUT2D eigenvalue weighted by Crippen LogP contribution is -2.39. The number of carbonyl (C=O) groups excluding carboxylic acids is 1. The van der Waals surface area contributed by atoms with Crippen molar-refractivity contribution in [1.82, 2.24) is 0 Å². The Morgan fingerprint density at radius 3 is 2.64 bits per heavy atom. The van der Waals surface area contributed by atoms with Crippen molar-refractivity contribution in [2.45, 2.75) is 50.5 Å². The normalized spacial score (nSPS) is 53.4. The topological polar surface area (TPSA) is 44.8 Å². The molecule has 0 radical (unpaired) electrons. The molecule has 0 aromatic carbocycles. The summed E-state index contributed by atoms with van der Waals surface area (Å²) in [5, 5.41) is 0. The molecule has 78 valence electrons. The van der Waals surface area contributed by atoms with E-state index in [2.05, 4.69) is 0 Å². The van der Waals surface area contributed by atoms with Gasteiger partial charge in [0.15, 0.2) is 5.79 Å². The van der Waals surface area contributed by atoms with Crippen LogP contribution in [0.15, 0.2) is 0 Å². The Balaban J connectivity index is 1.85. The minimum Gasteiger partial charge on any atom is -0.369 e. The number of ether oxygens (including phenoxy) is 3. The number of aldehydes is 1. The fourth-order valence-corrected chi connectivity index (χ4v) is 2.79. The standard InChI is InChI=1S/C10H14O4/c1-10(2)13-8-6-3-5(4-11)7(12-6)9(8)14-10/h4-9H,3H2,1-2H3/t5-,6+,7-,8+,9-/m1/s1. The molecule has 0 saturated carbocycles. The molecule has 5 atom stereocenters. The highest BCUT2D eigenvalue weighted by atomic mass is 16.8. The fourth-order valence-electron chi connectivity index (χ4n) is 2.79. The fraction of sp³-hybridized carbons (Fsp3) is 0.900. The van der Waals surface area contributed by atoms with Gasteiger partial charge in [-0.25, -0.2) is 0 Å². The summed E-state index contributed by atoms with van der Waals surface area (Å²) in [7, 11) is 0. The van der Waals surface area contributed by atoms with Crippen LogP contribution in [0, 0.1) is 5.92 Å². The van der Waals surface area contributed by atoms with Gasteiger partial charge >= 0.3 is 0 Å². The molecule has 0 spiro atoms. The first kappa shape index (κ1) is 8.83. The molecule has 0 N–H and O–H groups in total. The van der Waals surface area contributed by atoms with E-state index >= 15 is 0 Å². The van der Waals surface area contributed by atoms with Crippen LogP contribution in [0.4, 0.5) is 0 Å². The minimum absolute atomic E-state index is 0.00116. The zero-order chi connectivity index (χ0) is 9.92. The van der Waals surface area contributed by atoms with Crippen LogP contribution in [0.1, 0.15) is 20.3 Å². The number of hydrogen-bond donors (Lipinski definition) is 0. The Morgan fingerprint density at radius 2 is 1.93 bits per heavy atom. The van der Waals surface area contributed by atoms with Crippen molar-refractivity contribution < 1.29 is 19.0 Å². The highest BCUT2D eigenvalue weighted by Crippen LogP contribution is 2.47. The van der Waals surface area contributed by atoms with E-state index in [9.17, 15) is 4.79 Å². The van der Waals surface area contributed by atoms with Crippen LogP contribution in [-0.2, 0) is 19.0 Å². The second kappa shape index (κ2) is 2.56. The second-order valence-electron chi connectivity index (χ2n) is 4.74. The summed E-state index contributed by atoms with van der Waals surface area (Å²) in [5.74, 6) is -0.522. The van der Waals surface area contributed by atoms with E-state index in [1.54, 1.807) is 0 Å². The quantitative estimate of drug-likeness (QED) is 0.575. The van der Waals surface area contributed by atoms with Crippen LogP contribution in [-0.4, -0.2) is 36.5 Å². The van der Waals surface area contributed by atoms with Gasteiger partial charge in [0, 0.05) is 5.92 Å². The summed E-state index contributed by atoms with van der Waals surface area (Å²) in [6.07, 6.45) is 1.74. The van der Waals surface area contributed by atoms with Gasteiger partial charge in [-0.1, -0.05) is 0 Å². The zero-order valence-corrected chi connectivity index (χ0v) is 8.30. The van der Waals surface area contributed by atoms with Crippen molar-refractivity contribution in [3.63, 3.8) is 0 Å². The lowest BCUT2D eigenvalue weighted by Gasteiger charge is -2.21. The van der Waals surface area contributed by atoms with E-state index in [1.807, 2.05) is 13.8 Å². The number of rotatable bonds is 1. The van der Waals surface area contributed by atoms with Gasteiger partial charge in [-0.15, -0.1) is 0 Å². The maximum Gasteiger partial charge on any atom is 0.164 e. The Kier molecular flexibility index (Phi) is 1.62. The van der Waals surface area contributed by atoms with Crippen molar-refractivity contribution in [3.05, 3.63) is 0 Å². The summed E-state index contributed by atoms with van der Waals surface area (Å²) in [6.45, 7) is 3.81. The summed E-state index contributed by atoms with van der Waals surface area (Å²) in [6, 6.07) is 0. The van der Waals surface area contributed by atoms with Gasteiger partial charge in [0.05, 0.1) is 12.2 Å². The summed E-state index contributed by atoms with van der Waals surface area (Å²) >= 11 is 0. The van der Waals surface area contributed by atoms with Crippen molar-refractivity contribution >= 4 is 6.29 Å². The molecule has 3 rings (SSSR count). The molecule has 3 fully saturated rings. The first-order chi connectivity index (χ1) is 6.61. The van der Waals surface area contributed by atoms with Crippen molar-refractivity contribution in [2.75, 3.05) is 0 Å². The highest BCUT2D eigenvalue weighted by Gasteiger charge is 2.61. The van der Waals surface area contributed by atoms with Gasteiger partial charge in [-0.3, -0.25) is 0 Å². The molecule has 0 amide bonds. The molecule has 3 heterocycles. The summed E-state index contributed by atoms with van der Waals surface area (Å²) < 4.78 is 17.1. The third-order valence-corrected chi connectivity index (χ3v) is 3.29. The van der Waals surface area contributed by atoms with Gasteiger partial charge in [-0.2, -0.15) is 0 Å². The van der Waals surface area contributed by atoms with E-state index in [1.165, 1.54) is 0 Å². The Bertz CT molecular complexity index is 275. The van der Waals surface area contributed by atoms with Crippen molar-refractivity contribution in [2.24, 2.45) is 5.92 Å². The molecule has 4 heteroatoms. The van der Waals surface area contributed by atoms with Crippen LogP contribution in [0.2, 0.25) is 0 Å². The summed E-state index contributed by atoms with van der Waals surface area (Å²) in [4.78, 5) is 10.8. The molecule has 14 heavy (non-hydrogen) atoms. The monoisotopic (exact) mass is 198 g/mol. The lowest BCUT2D eigenvalue weighted by atomic mass is 9.86. The molecular formula is C10H14O4. The third-order valence-electron chi connectivity index (χ3n) is 3.29. The summed E-state index contributed by atoms with van der Waals surface area (Å²) in [5.41, 5.74) is 0. The molecule has 3 saturated heterocycles. The first-order valence-corrected chi connectivity index (χ1v) is 5.07. The largest absolute Gasteiger partial charge is 0.369 e. The van der Waals surface area contributed by atoms with E-state index in [4.69, 9.17) is 14.2 Å². The molecule has 0 aromatic heterocycles. The van der Waals surface area contributed by atoms with Crippen molar-refractivity contribution in [3.8, 4) is 0 Å². The van der Waals surface area contributed by atoms with Gasteiger partial charge in [0.2, 0.25) is 0 Å². The van der Waals surface area contributed by atoms with Gasteiger partial charge in [0.25, 0.3) is 0 Å². The van der Waals surface area contributed by atoms with Gasteiger partial charge in [0.1, 0.15) is 18.5 Å². The van der Waals surface area contributed by atoms with E-state index in [-0.39, 0.29) is 30.3 Å². The van der Waals surface area contributed by atoms with Crippen LogP contribution in [0.5, 0.6) is 0 Å². The van der Waals surface area contributed by atoms with E-state index < -0.39 is 5.79 Å². The zero-order valence-electron chi connectivity index (χ0n) is 8.30. The average Bonchev–Trinajstić information content (AvgIpc) is 2.70. The highest BCUT2D eigenvalue weighted by molar-refractivity contribution is 5.56. The van der Waals surface area contributed by atoms with Crippen molar-refractivity contribution in [1.29, 1.82) is 0 Å². The minimum atomic E-state index is -0.520. The predicted molar refractivity (Wildman–Crippen MR) is 46.7 cm³/mol. The number of fused-ring (bicyclic) bond motifs is 5. The first-order valence-electron chi connectivity index (χ1n) is 5.07. The molecule has 0 aromatic rings. The molecule has 0 aliphatic carbocycles. The Morgan fingerprint density at radius 1 is 1.21 bits per heavy atom.